The van der Waals surface area contributed by atoms with Gasteiger partial charge in [0.25, 0.3) is 0 Å². The van der Waals surface area contributed by atoms with E-state index in [-0.39, 0.29) is 0 Å². The second kappa shape index (κ2) is 9.96. The van der Waals surface area contributed by atoms with E-state index in [1.807, 2.05) is 42.5 Å². The van der Waals surface area contributed by atoms with Crippen LogP contribution in [0.1, 0.15) is 11.1 Å². The normalized spacial score (nSPS) is 14.5. The summed E-state index contributed by atoms with van der Waals surface area (Å²) >= 11 is 12.4. The zero-order valence-electron chi connectivity index (χ0n) is 18.2. The second-order valence-corrected chi connectivity index (χ2v) is 9.07. The van der Waals surface area contributed by atoms with Crippen LogP contribution in [0.5, 0.6) is 0 Å². The lowest BCUT2D eigenvalue weighted by molar-refractivity contribution is 0.249. The lowest BCUT2D eigenvalue weighted by Gasteiger charge is -2.35. The van der Waals surface area contributed by atoms with E-state index in [1.54, 1.807) is 0 Å². The third kappa shape index (κ3) is 5.22. The molecule has 5 nitrogen and oxygen atoms in total. The quantitative estimate of drug-likeness (QED) is 0.376. The average molecular weight is 478 g/mol. The largest absolute Gasteiger partial charge is 0.365 e. The van der Waals surface area contributed by atoms with Gasteiger partial charge >= 0.3 is 0 Å². The maximum Gasteiger partial charge on any atom is 0.227 e. The Labute approximate surface area is 204 Å². The molecule has 0 unspecified atom stereocenters. The first-order valence-corrected chi connectivity index (χ1v) is 11.9. The van der Waals surface area contributed by atoms with Crippen molar-refractivity contribution in [3.63, 3.8) is 0 Å². The van der Waals surface area contributed by atoms with Gasteiger partial charge in [0.05, 0.1) is 5.52 Å². The first-order chi connectivity index (χ1) is 16.2. The molecule has 2 heterocycles. The molecule has 33 heavy (non-hydrogen) atoms. The summed E-state index contributed by atoms with van der Waals surface area (Å²) in [5, 5.41) is 5.94. The molecule has 0 saturated carbocycles. The summed E-state index contributed by atoms with van der Waals surface area (Å²) in [6.07, 6.45) is 0. The molecule has 1 saturated heterocycles. The van der Waals surface area contributed by atoms with Gasteiger partial charge in [0.2, 0.25) is 5.95 Å². The highest BCUT2D eigenvalue weighted by atomic mass is 35.5. The Morgan fingerprint density at radius 3 is 2.36 bits per heavy atom. The van der Waals surface area contributed by atoms with Crippen LogP contribution >= 0.6 is 23.2 Å². The van der Waals surface area contributed by atoms with Gasteiger partial charge in [-0.2, -0.15) is 4.98 Å². The van der Waals surface area contributed by atoms with Crippen LogP contribution in [0.3, 0.4) is 0 Å². The van der Waals surface area contributed by atoms with Crippen LogP contribution in [0.4, 0.5) is 11.8 Å². The van der Waals surface area contributed by atoms with Crippen molar-refractivity contribution in [2.24, 2.45) is 0 Å². The number of anilines is 2. The van der Waals surface area contributed by atoms with Crippen LogP contribution in [0.2, 0.25) is 10.0 Å². The SMILES string of the molecule is Clc1ccc(CN2CCN(c3nc(NCc4ccccc4)c4ccccc4n3)CC2)c(Cl)c1. The fourth-order valence-electron chi connectivity index (χ4n) is 4.12. The molecule has 4 aromatic rings. The fourth-order valence-corrected chi connectivity index (χ4v) is 4.59. The summed E-state index contributed by atoms with van der Waals surface area (Å²) in [7, 11) is 0. The van der Waals surface area contributed by atoms with Crippen molar-refractivity contribution in [3.8, 4) is 0 Å². The van der Waals surface area contributed by atoms with Crippen LogP contribution in [0.15, 0.2) is 72.8 Å². The van der Waals surface area contributed by atoms with Crippen molar-refractivity contribution in [3.05, 3.63) is 94.0 Å². The van der Waals surface area contributed by atoms with Gasteiger partial charge < -0.3 is 10.2 Å². The van der Waals surface area contributed by atoms with Gasteiger partial charge in [-0.15, -0.1) is 0 Å². The molecule has 168 valence electrons. The zero-order chi connectivity index (χ0) is 22.6. The molecule has 7 heteroatoms. The van der Waals surface area contributed by atoms with E-state index in [4.69, 9.17) is 33.2 Å². The molecule has 0 amide bonds. The number of para-hydroxylation sites is 1. The molecule has 1 aromatic heterocycles. The summed E-state index contributed by atoms with van der Waals surface area (Å²) in [5.74, 6) is 1.64. The minimum absolute atomic E-state index is 0.665. The Kier molecular flexibility index (Phi) is 6.63. The Bertz CT molecular complexity index is 1240. The van der Waals surface area contributed by atoms with Crippen LogP contribution < -0.4 is 10.2 Å². The van der Waals surface area contributed by atoms with Gasteiger partial charge in [0.1, 0.15) is 5.82 Å². The molecule has 1 aliphatic heterocycles. The van der Waals surface area contributed by atoms with E-state index in [1.165, 1.54) is 5.56 Å². The number of halogens is 2. The number of piperazine rings is 1. The Morgan fingerprint density at radius 1 is 0.818 bits per heavy atom. The van der Waals surface area contributed by atoms with Crippen molar-refractivity contribution < 1.29 is 0 Å². The number of nitrogens with one attached hydrogen (secondary N) is 1. The van der Waals surface area contributed by atoms with Crippen LogP contribution in [-0.4, -0.2) is 41.0 Å². The highest BCUT2D eigenvalue weighted by Crippen LogP contribution is 2.26. The predicted molar refractivity (Wildman–Crippen MR) is 137 cm³/mol. The van der Waals surface area contributed by atoms with Crippen molar-refractivity contribution in [1.82, 2.24) is 14.9 Å². The first kappa shape index (κ1) is 22.0. The molecule has 3 aromatic carbocycles. The molecule has 1 fully saturated rings. The van der Waals surface area contributed by atoms with Gasteiger partial charge in [0, 0.05) is 54.7 Å². The Hall–Kier alpha value is -2.86. The molecule has 0 bridgehead atoms. The molecule has 0 radical (unpaired) electrons. The van der Waals surface area contributed by atoms with E-state index in [0.29, 0.717) is 5.02 Å². The van der Waals surface area contributed by atoms with E-state index < -0.39 is 0 Å². The zero-order valence-corrected chi connectivity index (χ0v) is 19.7. The molecular formula is C26H25Cl2N5. The van der Waals surface area contributed by atoms with E-state index in [0.717, 1.165) is 72.5 Å². The standard InChI is InChI=1S/C26H25Cl2N5/c27-21-11-10-20(23(28)16-21)18-32-12-14-33(15-13-32)26-30-24-9-5-4-8-22(24)25(31-26)29-17-19-6-2-1-3-7-19/h1-11,16H,12-15,17-18H2,(H,29,30,31). The molecule has 1 N–H and O–H groups in total. The van der Waals surface area contributed by atoms with Crippen LogP contribution in [0, 0.1) is 0 Å². The number of fused-ring (bicyclic) bond motifs is 1. The average Bonchev–Trinajstić information content (AvgIpc) is 2.85. The lowest BCUT2D eigenvalue weighted by atomic mass is 10.2. The molecular weight excluding hydrogens is 453 g/mol. The second-order valence-electron chi connectivity index (χ2n) is 8.23. The van der Waals surface area contributed by atoms with Gasteiger partial charge in [-0.25, -0.2) is 4.98 Å². The smallest absolute Gasteiger partial charge is 0.227 e. The highest BCUT2D eigenvalue weighted by Gasteiger charge is 2.21. The summed E-state index contributed by atoms with van der Waals surface area (Å²) in [5.41, 5.74) is 3.27. The van der Waals surface area contributed by atoms with E-state index in [9.17, 15) is 0 Å². The maximum absolute atomic E-state index is 6.37. The minimum Gasteiger partial charge on any atom is -0.365 e. The third-order valence-corrected chi connectivity index (χ3v) is 6.55. The summed E-state index contributed by atoms with van der Waals surface area (Å²) < 4.78 is 0. The van der Waals surface area contributed by atoms with Crippen molar-refractivity contribution in [1.29, 1.82) is 0 Å². The summed E-state index contributed by atoms with van der Waals surface area (Å²) in [6.45, 7) is 5.09. The van der Waals surface area contributed by atoms with Crippen LogP contribution in [0.25, 0.3) is 10.9 Å². The van der Waals surface area contributed by atoms with Crippen molar-refractivity contribution in [2.75, 3.05) is 36.4 Å². The molecule has 1 aliphatic rings. The third-order valence-electron chi connectivity index (χ3n) is 5.96. The van der Waals surface area contributed by atoms with Crippen molar-refractivity contribution in [2.45, 2.75) is 13.1 Å². The number of nitrogens with zero attached hydrogens (tertiary/aromatic N) is 4. The van der Waals surface area contributed by atoms with Gasteiger partial charge in [-0.1, -0.05) is 71.7 Å². The predicted octanol–water partition coefficient (Wildman–Crippen LogP) is 5.87. The highest BCUT2D eigenvalue weighted by molar-refractivity contribution is 6.35. The molecule has 0 spiro atoms. The van der Waals surface area contributed by atoms with Gasteiger partial charge in [0.15, 0.2) is 0 Å². The maximum atomic E-state index is 6.37. The Balaban J connectivity index is 1.30. The number of aromatic nitrogens is 2. The topological polar surface area (TPSA) is 44.3 Å². The molecule has 5 rings (SSSR count). The van der Waals surface area contributed by atoms with Gasteiger partial charge in [-0.05, 0) is 35.4 Å². The summed E-state index contributed by atoms with van der Waals surface area (Å²) in [4.78, 5) is 14.5. The Morgan fingerprint density at radius 2 is 1.58 bits per heavy atom. The number of hydrogen-bond donors (Lipinski definition) is 1. The lowest BCUT2D eigenvalue weighted by Crippen LogP contribution is -2.46. The number of hydrogen-bond acceptors (Lipinski definition) is 5. The van der Waals surface area contributed by atoms with E-state index >= 15 is 0 Å². The number of benzene rings is 3. The monoisotopic (exact) mass is 477 g/mol. The summed E-state index contributed by atoms with van der Waals surface area (Å²) in [6, 6.07) is 24.2. The molecule has 0 atom stereocenters. The fraction of sp³-hybridized carbons (Fsp3) is 0.231. The minimum atomic E-state index is 0.665. The van der Waals surface area contributed by atoms with Crippen molar-refractivity contribution >= 4 is 45.9 Å². The first-order valence-electron chi connectivity index (χ1n) is 11.1. The molecule has 0 aliphatic carbocycles. The van der Waals surface area contributed by atoms with Gasteiger partial charge in [-0.3, -0.25) is 4.90 Å². The van der Waals surface area contributed by atoms with Crippen LogP contribution in [-0.2, 0) is 13.1 Å². The van der Waals surface area contributed by atoms with E-state index in [2.05, 4.69) is 45.4 Å². The number of rotatable bonds is 6.